The third-order valence-electron chi connectivity index (χ3n) is 6.18. The number of halogens is 8. The zero-order valence-electron chi connectivity index (χ0n) is 29.1. The summed E-state index contributed by atoms with van der Waals surface area (Å²) in [4.78, 5) is 44.4. The smallest absolute Gasteiger partial charge is 0.490 e. The molecule has 0 heterocycles. The van der Waals surface area contributed by atoms with Crippen molar-refractivity contribution < 1.29 is 60.5 Å². The van der Waals surface area contributed by atoms with Gasteiger partial charge in [0.15, 0.2) is 11.9 Å². The van der Waals surface area contributed by atoms with Crippen LogP contribution in [0.2, 0.25) is 0 Å². The van der Waals surface area contributed by atoms with Gasteiger partial charge in [-0.3, -0.25) is 14.8 Å². The Labute approximate surface area is 328 Å². The van der Waals surface area contributed by atoms with E-state index in [9.17, 15) is 31.1 Å². The number of unbranched alkanes of at least 4 members (excludes halogenated alkanes) is 4. The van der Waals surface area contributed by atoms with Crippen LogP contribution in [0, 0.1) is 0 Å². The van der Waals surface area contributed by atoms with E-state index in [0.717, 1.165) is 58.6 Å². The van der Waals surface area contributed by atoms with E-state index >= 15 is 0 Å². The third kappa shape index (κ3) is 25.8. The number of guanidine groups is 2. The topological polar surface area (TPSA) is 263 Å². The fourth-order valence-electron chi connectivity index (χ4n) is 3.66. The number of carbonyl (C=O) groups is 3. The summed E-state index contributed by atoms with van der Waals surface area (Å²) >= 11 is 7.18. The molecule has 2 rings (SSSR count). The molecule has 0 atom stereocenters. The molecule has 0 bridgehead atoms. The van der Waals surface area contributed by atoms with Crippen molar-refractivity contribution in [2.45, 2.75) is 63.9 Å². The molecule has 0 aliphatic rings. The van der Waals surface area contributed by atoms with Crippen LogP contribution in [0.1, 0.15) is 49.7 Å². The summed E-state index contributed by atoms with van der Waals surface area (Å²) in [5.41, 5.74) is 23.5. The molecule has 2 aromatic rings. The van der Waals surface area contributed by atoms with E-state index in [2.05, 4.69) is 52.3 Å². The first kappa shape index (κ1) is 50.2. The van der Waals surface area contributed by atoms with Gasteiger partial charge < -0.3 is 48.0 Å². The maximum absolute atomic E-state index is 13.1. The number of benzene rings is 2. The summed E-state index contributed by atoms with van der Waals surface area (Å²) in [6.45, 7) is 2.47. The number of hydrogen-bond donors (Lipinski definition) is 7. The summed E-state index contributed by atoms with van der Waals surface area (Å²) in [6.07, 6.45) is -4.64. The molecule has 0 saturated carbocycles. The molecule has 55 heavy (non-hydrogen) atoms. The Bertz CT molecular complexity index is 1530. The van der Waals surface area contributed by atoms with Crippen LogP contribution in [0.5, 0.6) is 5.75 Å². The number of rotatable bonds is 19. The van der Waals surface area contributed by atoms with E-state index < -0.39 is 24.3 Å². The summed E-state index contributed by atoms with van der Waals surface area (Å²) in [5, 5.41) is 21.4. The van der Waals surface area contributed by atoms with E-state index in [1.54, 1.807) is 0 Å². The molecular formula is C32H42Br2F6N8O7. The lowest BCUT2D eigenvalue weighted by Gasteiger charge is -2.13. The summed E-state index contributed by atoms with van der Waals surface area (Å²) < 4.78 is 70.9. The largest absolute Gasteiger partial charge is 0.491 e. The van der Waals surface area contributed by atoms with Crippen molar-refractivity contribution in [3.8, 4) is 5.75 Å². The van der Waals surface area contributed by atoms with Gasteiger partial charge in [0, 0.05) is 26.1 Å². The Balaban J connectivity index is 0.00000175. The van der Waals surface area contributed by atoms with Crippen LogP contribution in [0.25, 0.3) is 0 Å². The normalized spacial score (nSPS) is 11.1. The number of amides is 1. The molecule has 1 amide bonds. The Morgan fingerprint density at radius 2 is 1.20 bits per heavy atom. The molecule has 0 spiro atoms. The highest BCUT2D eigenvalue weighted by atomic mass is 79.9. The highest BCUT2D eigenvalue weighted by Gasteiger charge is 2.38. The lowest BCUT2D eigenvalue weighted by Crippen LogP contribution is -2.33. The second-order valence-electron chi connectivity index (χ2n) is 10.8. The summed E-state index contributed by atoms with van der Waals surface area (Å²) in [5.74, 6) is -4.91. The molecule has 15 nitrogen and oxygen atoms in total. The second kappa shape index (κ2) is 26.9. The van der Waals surface area contributed by atoms with Crippen LogP contribution in [0.4, 0.5) is 26.3 Å². The zero-order valence-corrected chi connectivity index (χ0v) is 32.3. The van der Waals surface area contributed by atoms with Gasteiger partial charge in [0.2, 0.25) is 0 Å². The lowest BCUT2D eigenvalue weighted by atomic mass is 10.1. The van der Waals surface area contributed by atoms with Crippen LogP contribution in [-0.2, 0) is 32.2 Å². The van der Waals surface area contributed by atoms with Crippen LogP contribution in [0.15, 0.2) is 66.6 Å². The van der Waals surface area contributed by atoms with Crippen molar-refractivity contribution in [3.05, 3.63) is 62.5 Å². The monoisotopic (exact) mass is 922 g/mol. The predicted octanol–water partition coefficient (Wildman–Crippen LogP) is 4.98. The van der Waals surface area contributed by atoms with E-state index in [4.69, 9.17) is 52.3 Å². The standard InChI is InChI=1S/C28H40Br2N8O3.2C2HF3O2/c29-22-16-21(17-23(30)25(22)40-15-9-8-14-37-28(33)34)18-24(38-41-19-20-10-4-3-5-11-20)26(39)35-12-6-1-2-7-13-36-27(31)32;2*3-2(4,5)1(6)7/h3-5,10-11,16-17H,1-2,6-9,12-15,18-19H2,(H,35,39)(H4,31,32,36)(H4,33,34,37);2*(H,6,7)/b38-24+;;. The fraction of sp³-hybridized carbons (Fsp3) is 0.438. The number of carboxylic acids is 2. The maximum atomic E-state index is 13.1. The number of alkyl halides is 6. The number of oxime groups is 1. The molecule has 308 valence electrons. The highest BCUT2D eigenvalue weighted by Crippen LogP contribution is 2.35. The van der Waals surface area contributed by atoms with E-state index in [0.29, 0.717) is 32.0 Å². The first-order chi connectivity index (χ1) is 25.6. The second-order valence-corrected chi connectivity index (χ2v) is 12.5. The first-order valence-electron chi connectivity index (χ1n) is 16.0. The van der Waals surface area contributed by atoms with Crippen molar-refractivity contribution >= 4 is 67.3 Å². The maximum Gasteiger partial charge on any atom is 0.490 e. The molecule has 2 aromatic carbocycles. The Kier molecular flexibility index (Phi) is 24.5. The third-order valence-corrected chi connectivity index (χ3v) is 7.36. The molecule has 11 N–H and O–H groups in total. The van der Waals surface area contributed by atoms with Gasteiger partial charge in [0.25, 0.3) is 5.91 Å². The van der Waals surface area contributed by atoms with Gasteiger partial charge in [-0.05, 0) is 80.8 Å². The highest BCUT2D eigenvalue weighted by molar-refractivity contribution is 9.11. The van der Waals surface area contributed by atoms with Crippen LogP contribution in [-0.4, -0.2) is 84.3 Å². The number of nitrogens with zero attached hydrogens (tertiary/aromatic N) is 3. The lowest BCUT2D eigenvalue weighted by molar-refractivity contribution is -0.193. The number of carboxylic acid groups (broad SMARTS) is 2. The minimum atomic E-state index is -5.08. The molecule has 0 fully saturated rings. The molecule has 0 aliphatic carbocycles. The number of carbonyl (C=O) groups excluding carboxylic acids is 1. The van der Waals surface area contributed by atoms with E-state index in [1.807, 2.05) is 42.5 Å². The van der Waals surface area contributed by atoms with Crippen molar-refractivity contribution in [1.82, 2.24) is 5.32 Å². The Morgan fingerprint density at radius 3 is 1.67 bits per heavy atom. The van der Waals surface area contributed by atoms with Crippen molar-refractivity contribution in [1.29, 1.82) is 0 Å². The average molecular weight is 925 g/mol. The van der Waals surface area contributed by atoms with E-state index in [-0.39, 0.29) is 36.6 Å². The van der Waals surface area contributed by atoms with Gasteiger partial charge in [-0.2, -0.15) is 26.3 Å². The molecule has 0 saturated heterocycles. The first-order valence-corrected chi connectivity index (χ1v) is 17.6. The number of hydrogen-bond acceptors (Lipinski definition) is 8. The Morgan fingerprint density at radius 1 is 0.727 bits per heavy atom. The number of ether oxygens (including phenoxy) is 1. The molecule has 0 unspecified atom stereocenters. The molecular weight excluding hydrogens is 882 g/mol. The van der Waals surface area contributed by atoms with Gasteiger partial charge >= 0.3 is 24.3 Å². The summed E-state index contributed by atoms with van der Waals surface area (Å²) in [6, 6.07) is 13.5. The van der Waals surface area contributed by atoms with Crippen molar-refractivity contribution in [3.63, 3.8) is 0 Å². The van der Waals surface area contributed by atoms with Crippen LogP contribution >= 0.6 is 31.9 Å². The minimum absolute atomic E-state index is 0.0880. The van der Waals surface area contributed by atoms with Crippen molar-refractivity contribution in [2.75, 3.05) is 26.2 Å². The van der Waals surface area contributed by atoms with Gasteiger partial charge in [0.1, 0.15) is 18.1 Å². The van der Waals surface area contributed by atoms with Crippen LogP contribution in [0.3, 0.4) is 0 Å². The number of aliphatic imine (C=N–C) groups is 2. The van der Waals surface area contributed by atoms with Gasteiger partial charge in [-0.1, -0.05) is 48.3 Å². The van der Waals surface area contributed by atoms with Gasteiger partial charge in [-0.15, -0.1) is 0 Å². The molecule has 0 aromatic heterocycles. The predicted molar refractivity (Wildman–Crippen MR) is 199 cm³/mol. The average Bonchev–Trinajstić information content (AvgIpc) is 3.07. The number of aliphatic carboxylic acids is 2. The van der Waals surface area contributed by atoms with Crippen molar-refractivity contribution in [2.24, 2.45) is 38.1 Å². The van der Waals surface area contributed by atoms with Gasteiger partial charge in [-0.25, -0.2) is 9.59 Å². The SMILES string of the molecule is NC(N)=NCCCCCCNC(=O)/C(Cc1cc(Br)c(OCCCCN=C(N)N)c(Br)c1)=N/OCc1ccccc1.O=C(O)C(F)(F)F.O=C(O)C(F)(F)F. The fourth-order valence-corrected chi connectivity index (χ4v) is 5.17. The molecule has 23 heteroatoms. The summed E-state index contributed by atoms with van der Waals surface area (Å²) in [7, 11) is 0. The zero-order chi connectivity index (χ0) is 42.0. The number of nitrogens with one attached hydrogen (secondary N) is 1. The molecule has 0 aliphatic heterocycles. The Hall–Kier alpha value is -4.80. The van der Waals surface area contributed by atoms with Gasteiger partial charge in [0.05, 0.1) is 15.6 Å². The quantitative estimate of drug-likeness (QED) is 0.0325. The molecule has 0 radical (unpaired) electrons. The number of nitrogens with two attached hydrogens (primary N) is 4. The van der Waals surface area contributed by atoms with Crippen LogP contribution < -0.4 is 33.0 Å². The minimum Gasteiger partial charge on any atom is -0.491 e. The van der Waals surface area contributed by atoms with E-state index in [1.165, 1.54) is 0 Å².